The lowest BCUT2D eigenvalue weighted by molar-refractivity contribution is 0.182. The number of nitrogens with one attached hydrogen (secondary N) is 1. The summed E-state index contributed by atoms with van der Waals surface area (Å²) in [5.41, 5.74) is 0.471. The van der Waals surface area contributed by atoms with Crippen LogP contribution in [0.5, 0.6) is 0 Å². The van der Waals surface area contributed by atoms with E-state index in [4.69, 9.17) is 12.2 Å². The number of imidazole rings is 1. The summed E-state index contributed by atoms with van der Waals surface area (Å²) in [6.45, 7) is 3.47. The maximum Gasteiger partial charge on any atom is 0.177 e. The molecule has 0 aliphatic heterocycles. The molecule has 0 radical (unpaired) electrons. The minimum absolute atomic E-state index is 0.471. The molecule has 0 aromatic carbocycles. The Morgan fingerprint density at radius 3 is 2.71 bits per heavy atom. The van der Waals surface area contributed by atoms with Crippen molar-refractivity contribution in [2.24, 2.45) is 5.41 Å². The molecule has 2 rings (SSSR count). The fraction of sp³-hybridized carbons (Fsp3) is 0.727. The number of aromatic amines is 1. The van der Waals surface area contributed by atoms with Crippen molar-refractivity contribution >= 4 is 12.2 Å². The molecule has 1 aromatic heterocycles. The Labute approximate surface area is 90.3 Å². The van der Waals surface area contributed by atoms with Gasteiger partial charge in [-0.25, -0.2) is 0 Å². The number of nitrogens with zero attached hydrogens (tertiary/aromatic N) is 1. The van der Waals surface area contributed by atoms with E-state index in [1.807, 2.05) is 6.20 Å². The summed E-state index contributed by atoms with van der Waals surface area (Å²) in [5.74, 6) is 0. The molecule has 1 heterocycles. The van der Waals surface area contributed by atoms with Crippen LogP contribution < -0.4 is 0 Å². The van der Waals surface area contributed by atoms with Gasteiger partial charge in [-0.15, -0.1) is 0 Å². The Balaban J connectivity index is 2.09. The van der Waals surface area contributed by atoms with Gasteiger partial charge in [-0.05, 0) is 30.5 Å². The van der Waals surface area contributed by atoms with Gasteiger partial charge in [0.1, 0.15) is 0 Å². The molecular formula is C11H18N2S. The molecule has 0 bridgehead atoms. The largest absolute Gasteiger partial charge is 0.337 e. The van der Waals surface area contributed by atoms with Crippen molar-refractivity contribution in [2.45, 2.75) is 45.6 Å². The second-order valence-electron chi connectivity index (χ2n) is 4.76. The van der Waals surface area contributed by atoms with E-state index in [2.05, 4.69) is 22.7 Å². The highest BCUT2D eigenvalue weighted by atomic mass is 32.1. The first kappa shape index (κ1) is 9.97. The SMILES string of the molecule is CC1(Cn2cc[nH]c2=S)CCCCC1. The van der Waals surface area contributed by atoms with Gasteiger partial charge < -0.3 is 9.55 Å². The highest BCUT2D eigenvalue weighted by Crippen LogP contribution is 2.37. The topological polar surface area (TPSA) is 20.7 Å². The Kier molecular flexibility index (Phi) is 2.77. The van der Waals surface area contributed by atoms with Gasteiger partial charge in [0.15, 0.2) is 4.77 Å². The number of hydrogen-bond acceptors (Lipinski definition) is 1. The van der Waals surface area contributed by atoms with Crippen molar-refractivity contribution in [3.8, 4) is 0 Å². The molecule has 3 heteroatoms. The monoisotopic (exact) mass is 210 g/mol. The molecule has 1 aliphatic carbocycles. The van der Waals surface area contributed by atoms with E-state index in [-0.39, 0.29) is 0 Å². The quantitative estimate of drug-likeness (QED) is 0.741. The van der Waals surface area contributed by atoms with E-state index >= 15 is 0 Å². The normalized spacial score (nSPS) is 20.9. The molecule has 0 amide bonds. The van der Waals surface area contributed by atoms with Crippen LogP contribution in [0.25, 0.3) is 0 Å². The van der Waals surface area contributed by atoms with Crippen LogP contribution in [-0.4, -0.2) is 9.55 Å². The van der Waals surface area contributed by atoms with Crippen molar-refractivity contribution in [1.29, 1.82) is 0 Å². The molecule has 78 valence electrons. The molecule has 0 atom stereocenters. The minimum Gasteiger partial charge on any atom is -0.337 e. The van der Waals surface area contributed by atoms with Crippen LogP contribution in [0.15, 0.2) is 12.4 Å². The summed E-state index contributed by atoms with van der Waals surface area (Å²) in [6.07, 6.45) is 10.9. The lowest BCUT2D eigenvalue weighted by Gasteiger charge is -2.33. The maximum atomic E-state index is 5.21. The van der Waals surface area contributed by atoms with Crippen molar-refractivity contribution < 1.29 is 0 Å². The van der Waals surface area contributed by atoms with E-state index in [0.29, 0.717) is 5.41 Å². The number of hydrogen-bond donors (Lipinski definition) is 1. The fourth-order valence-electron chi connectivity index (χ4n) is 2.45. The molecule has 1 saturated carbocycles. The molecule has 2 nitrogen and oxygen atoms in total. The van der Waals surface area contributed by atoms with Gasteiger partial charge in [-0.1, -0.05) is 26.2 Å². The molecule has 14 heavy (non-hydrogen) atoms. The minimum atomic E-state index is 0.471. The molecule has 1 fully saturated rings. The van der Waals surface area contributed by atoms with Gasteiger partial charge >= 0.3 is 0 Å². The zero-order valence-electron chi connectivity index (χ0n) is 8.75. The molecule has 0 spiro atoms. The summed E-state index contributed by atoms with van der Waals surface area (Å²) in [4.78, 5) is 3.05. The van der Waals surface area contributed by atoms with Crippen molar-refractivity contribution in [1.82, 2.24) is 9.55 Å². The van der Waals surface area contributed by atoms with Gasteiger partial charge in [0.05, 0.1) is 0 Å². The summed E-state index contributed by atoms with van der Waals surface area (Å²) in [5, 5.41) is 0. The molecule has 1 N–H and O–H groups in total. The average molecular weight is 210 g/mol. The summed E-state index contributed by atoms with van der Waals surface area (Å²) in [7, 11) is 0. The second-order valence-corrected chi connectivity index (χ2v) is 5.15. The lowest BCUT2D eigenvalue weighted by Crippen LogP contribution is -2.25. The molecule has 0 unspecified atom stereocenters. The maximum absolute atomic E-state index is 5.21. The fourth-order valence-corrected chi connectivity index (χ4v) is 2.64. The smallest absolute Gasteiger partial charge is 0.177 e. The zero-order valence-corrected chi connectivity index (χ0v) is 9.57. The van der Waals surface area contributed by atoms with Crippen molar-refractivity contribution in [3.63, 3.8) is 0 Å². The zero-order chi connectivity index (χ0) is 10.0. The van der Waals surface area contributed by atoms with Gasteiger partial charge in [-0.3, -0.25) is 0 Å². The number of rotatable bonds is 2. The average Bonchev–Trinajstić information content (AvgIpc) is 2.52. The van der Waals surface area contributed by atoms with Crippen LogP contribution in [0.1, 0.15) is 39.0 Å². The van der Waals surface area contributed by atoms with Gasteiger partial charge in [-0.2, -0.15) is 0 Å². The Hall–Kier alpha value is -0.570. The van der Waals surface area contributed by atoms with Gasteiger partial charge in [0, 0.05) is 18.9 Å². The number of H-pyrrole nitrogens is 1. The second kappa shape index (κ2) is 3.89. The third-order valence-corrected chi connectivity index (χ3v) is 3.69. The van der Waals surface area contributed by atoms with Crippen LogP contribution in [0.4, 0.5) is 0 Å². The molecular weight excluding hydrogens is 192 g/mol. The van der Waals surface area contributed by atoms with Gasteiger partial charge in [0.25, 0.3) is 0 Å². The molecule has 0 saturated heterocycles. The van der Waals surface area contributed by atoms with E-state index < -0.39 is 0 Å². The predicted molar refractivity (Wildman–Crippen MR) is 60.8 cm³/mol. The predicted octanol–water partition coefficient (Wildman–Crippen LogP) is 3.52. The van der Waals surface area contributed by atoms with Crippen LogP contribution in [0.2, 0.25) is 0 Å². The van der Waals surface area contributed by atoms with Crippen molar-refractivity contribution in [3.05, 3.63) is 17.2 Å². The Morgan fingerprint density at radius 1 is 1.43 bits per heavy atom. The van der Waals surface area contributed by atoms with E-state index in [1.54, 1.807) is 0 Å². The van der Waals surface area contributed by atoms with Crippen LogP contribution in [0, 0.1) is 10.2 Å². The standard InChI is InChI=1S/C11H18N2S/c1-11(5-3-2-4-6-11)9-13-8-7-12-10(13)14/h7-8H,2-6,9H2,1H3,(H,12,14). The van der Waals surface area contributed by atoms with Crippen LogP contribution >= 0.6 is 12.2 Å². The third kappa shape index (κ3) is 2.08. The summed E-state index contributed by atoms with van der Waals surface area (Å²) in [6, 6.07) is 0. The van der Waals surface area contributed by atoms with Gasteiger partial charge in [0.2, 0.25) is 0 Å². The molecule has 1 aliphatic rings. The van der Waals surface area contributed by atoms with E-state index in [1.165, 1.54) is 32.1 Å². The summed E-state index contributed by atoms with van der Waals surface area (Å²) < 4.78 is 3.03. The Bertz CT molecular complexity index is 344. The van der Waals surface area contributed by atoms with Crippen LogP contribution in [0.3, 0.4) is 0 Å². The third-order valence-electron chi connectivity index (χ3n) is 3.33. The molecule has 1 aromatic rings. The highest BCUT2D eigenvalue weighted by molar-refractivity contribution is 7.71. The lowest BCUT2D eigenvalue weighted by atomic mass is 9.76. The first-order valence-electron chi connectivity index (χ1n) is 5.43. The van der Waals surface area contributed by atoms with E-state index in [9.17, 15) is 0 Å². The van der Waals surface area contributed by atoms with Crippen LogP contribution in [-0.2, 0) is 6.54 Å². The van der Waals surface area contributed by atoms with E-state index in [0.717, 1.165) is 11.3 Å². The summed E-state index contributed by atoms with van der Waals surface area (Å²) >= 11 is 5.21. The van der Waals surface area contributed by atoms with Crippen molar-refractivity contribution in [2.75, 3.05) is 0 Å². The number of aromatic nitrogens is 2. The first-order valence-corrected chi connectivity index (χ1v) is 5.84. The highest BCUT2D eigenvalue weighted by Gasteiger charge is 2.27. The Morgan fingerprint density at radius 2 is 2.14 bits per heavy atom. The first-order chi connectivity index (χ1) is 6.70.